The molecule has 1 saturated heterocycles. The fourth-order valence-corrected chi connectivity index (χ4v) is 3.45. The van der Waals surface area contributed by atoms with Crippen LogP contribution in [0.15, 0.2) is 60.7 Å². The van der Waals surface area contributed by atoms with E-state index in [1.807, 2.05) is 48.5 Å². The summed E-state index contributed by atoms with van der Waals surface area (Å²) in [5.74, 6) is -0.315. The summed E-state index contributed by atoms with van der Waals surface area (Å²) in [5, 5.41) is 2.98. The van der Waals surface area contributed by atoms with Gasteiger partial charge in [-0.15, -0.1) is 0 Å². The van der Waals surface area contributed by atoms with Crippen LogP contribution in [0.1, 0.15) is 18.1 Å². The van der Waals surface area contributed by atoms with E-state index in [4.69, 9.17) is 4.74 Å². The number of rotatable bonds is 9. The summed E-state index contributed by atoms with van der Waals surface area (Å²) in [5.41, 5.74) is 2.25. The third kappa shape index (κ3) is 6.14. The van der Waals surface area contributed by atoms with Gasteiger partial charge in [-0.05, 0) is 17.7 Å². The summed E-state index contributed by atoms with van der Waals surface area (Å²) in [4.78, 5) is 29.0. The number of morpholine rings is 1. The molecule has 0 saturated carbocycles. The van der Waals surface area contributed by atoms with Crippen molar-refractivity contribution >= 4 is 11.8 Å². The Morgan fingerprint density at radius 3 is 2.41 bits per heavy atom. The van der Waals surface area contributed by atoms with E-state index < -0.39 is 6.04 Å². The molecule has 1 atom stereocenters. The number of likely N-dealkylation sites (N-methyl/N-ethyl adjacent to an activating group) is 1. The van der Waals surface area contributed by atoms with Gasteiger partial charge in [-0.25, -0.2) is 0 Å². The molecule has 1 aliphatic rings. The van der Waals surface area contributed by atoms with Gasteiger partial charge in [0.2, 0.25) is 11.8 Å². The van der Waals surface area contributed by atoms with Gasteiger partial charge < -0.3 is 15.0 Å². The Balaban J connectivity index is 1.53. The molecule has 1 N–H and O–H groups in total. The van der Waals surface area contributed by atoms with Crippen molar-refractivity contribution in [2.24, 2.45) is 0 Å². The van der Waals surface area contributed by atoms with Gasteiger partial charge in [0.05, 0.1) is 6.61 Å². The second-order valence-corrected chi connectivity index (χ2v) is 7.18. The maximum atomic E-state index is 12.8. The van der Waals surface area contributed by atoms with Crippen molar-refractivity contribution in [1.29, 1.82) is 0 Å². The Hall–Kier alpha value is -2.70. The molecule has 6 nitrogen and oxygen atoms in total. The number of benzene rings is 2. The zero-order chi connectivity index (χ0) is 20.5. The number of carbonyl (C=O) groups is 2. The second-order valence-electron chi connectivity index (χ2n) is 7.18. The molecule has 0 aromatic heterocycles. The van der Waals surface area contributed by atoms with E-state index in [0.29, 0.717) is 13.1 Å². The minimum atomic E-state index is -0.597. The molecular weight excluding hydrogens is 366 g/mol. The van der Waals surface area contributed by atoms with E-state index in [2.05, 4.69) is 29.3 Å². The Bertz CT molecular complexity index is 782. The SMILES string of the molecule is CCN(CCNC(=O)[C@@H]1COCC(=O)N1Cc1ccccc1)Cc1ccccc1. The van der Waals surface area contributed by atoms with Crippen molar-refractivity contribution in [2.45, 2.75) is 26.1 Å². The lowest BCUT2D eigenvalue weighted by Crippen LogP contribution is -2.56. The molecule has 29 heavy (non-hydrogen) atoms. The first-order valence-electron chi connectivity index (χ1n) is 10.1. The van der Waals surface area contributed by atoms with E-state index in [1.165, 1.54) is 5.56 Å². The molecule has 6 heteroatoms. The summed E-state index contributed by atoms with van der Waals surface area (Å²) in [6, 6.07) is 19.4. The molecule has 0 aliphatic carbocycles. The highest BCUT2D eigenvalue weighted by Crippen LogP contribution is 2.14. The van der Waals surface area contributed by atoms with Gasteiger partial charge >= 0.3 is 0 Å². The number of ether oxygens (including phenoxy) is 1. The van der Waals surface area contributed by atoms with Crippen LogP contribution in [0.2, 0.25) is 0 Å². The Morgan fingerprint density at radius 2 is 1.76 bits per heavy atom. The Morgan fingerprint density at radius 1 is 1.10 bits per heavy atom. The predicted octanol–water partition coefficient (Wildman–Crippen LogP) is 2.05. The van der Waals surface area contributed by atoms with Crippen molar-refractivity contribution in [2.75, 3.05) is 32.8 Å². The highest BCUT2D eigenvalue weighted by atomic mass is 16.5. The number of nitrogens with one attached hydrogen (secondary N) is 1. The second kappa shape index (κ2) is 10.7. The first kappa shape index (κ1) is 21.0. The predicted molar refractivity (Wildman–Crippen MR) is 112 cm³/mol. The van der Waals surface area contributed by atoms with Crippen LogP contribution in [0, 0.1) is 0 Å². The molecule has 2 amide bonds. The number of hydrogen-bond donors (Lipinski definition) is 1. The van der Waals surface area contributed by atoms with Gasteiger partial charge in [-0.1, -0.05) is 67.6 Å². The van der Waals surface area contributed by atoms with Gasteiger partial charge in [0.25, 0.3) is 0 Å². The largest absolute Gasteiger partial charge is 0.369 e. The van der Waals surface area contributed by atoms with Gasteiger partial charge in [0.1, 0.15) is 12.6 Å². The van der Waals surface area contributed by atoms with Gasteiger partial charge in [-0.2, -0.15) is 0 Å². The zero-order valence-corrected chi connectivity index (χ0v) is 16.9. The van der Waals surface area contributed by atoms with Crippen LogP contribution < -0.4 is 5.32 Å². The average molecular weight is 396 g/mol. The van der Waals surface area contributed by atoms with E-state index in [-0.39, 0.29) is 25.0 Å². The Kier molecular flexibility index (Phi) is 7.78. The standard InChI is InChI=1S/C23H29N3O3/c1-2-25(15-19-9-5-3-6-10-19)14-13-24-23(28)21-17-29-18-22(27)26(21)16-20-11-7-4-8-12-20/h3-12,21H,2,13-18H2,1H3,(H,24,28)/t21-/m0/s1. The highest BCUT2D eigenvalue weighted by Gasteiger charge is 2.33. The van der Waals surface area contributed by atoms with Crippen molar-refractivity contribution in [1.82, 2.24) is 15.1 Å². The van der Waals surface area contributed by atoms with Crippen molar-refractivity contribution in [3.63, 3.8) is 0 Å². The minimum absolute atomic E-state index is 0.0251. The minimum Gasteiger partial charge on any atom is -0.369 e. The molecule has 1 aliphatic heterocycles. The van der Waals surface area contributed by atoms with Crippen LogP contribution >= 0.6 is 0 Å². The molecule has 0 bridgehead atoms. The summed E-state index contributed by atoms with van der Waals surface area (Å²) >= 11 is 0. The number of nitrogens with zero attached hydrogens (tertiary/aromatic N) is 2. The van der Waals surface area contributed by atoms with E-state index in [1.54, 1.807) is 4.90 Å². The maximum absolute atomic E-state index is 12.8. The molecule has 2 aromatic carbocycles. The normalized spacial score (nSPS) is 16.8. The van der Waals surface area contributed by atoms with E-state index in [0.717, 1.165) is 25.2 Å². The third-order valence-electron chi connectivity index (χ3n) is 5.12. The molecule has 0 spiro atoms. The van der Waals surface area contributed by atoms with Crippen LogP contribution in [0.4, 0.5) is 0 Å². The maximum Gasteiger partial charge on any atom is 0.249 e. The molecular formula is C23H29N3O3. The van der Waals surface area contributed by atoms with Crippen LogP contribution in [0.25, 0.3) is 0 Å². The molecule has 0 radical (unpaired) electrons. The lowest BCUT2D eigenvalue weighted by atomic mass is 10.1. The topological polar surface area (TPSA) is 61.9 Å². The molecule has 0 unspecified atom stereocenters. The lowest BCUT2D eigenvalue weighted by Gasteiger charge is -2.34. The zero-order valence-electron chi connectivity index (χ0n) is 16.9. The number of amides is 2. The fraction of sp³-hybridized carbons (Fsp3) is 0.391. The van der Waals surface area contributed by atoms with Crippen molar-refractivity contribution in [3.8, 4) is 0 Å². The fourth-order valence-electron chi connectivity index (χ4n) is 3.45. The highest BCUT2D eigenvalue weighted by molar-refractivity contribution is 5.89. The quantitative estimate of drug-likeness (QED) is 0.706. The average Bonchev–Trinajstić information content (AvgIpc) is 2.75. The van der Waals surface area contributed by atoms with Crippen LogP contribution in [-0.2, 0) is 27.4 Å². The molecule has 1 fully saturated rings. The summed E-state index contributed by atoms with van der Waals surface area (Å²) in [7, 11) is 0. The molecule has 1 heterocycles. The van der Waals surface area contributed by atoms with Gasteiger partial charge in [0, 0.05) is 26.2 Å². The van der Waals surface area contributed by atoms with Crippen LogP contribution in [0.5, 0.6) is 0 Å². The van der Waals surface area contributed by atoms with Crippen LogP contribution in [-0.4, -0.2) is 60.5 Å². The molecule has 2 aromatic rings. The number of carbonyl (C=O) groups excluding carboxylic acids is 2. The van der Waals surface area contributed by atoms with Crippen molar-refractivity contribution < 1.29 is 14.3 Å². The summed E-state index contributed by atoms with van der Waals surface area (Å²) in [6.07, 6.45) is 0. The number of hydrogen-bond acceptors (Lipinski definition) is 4. The monoisotopic (exact) mass is 395 g/mol. The third-order valence-corrected chi connectivity index (χ3v) is 5.12. The smallest absolute Gasteiger partial charge is 0.249 e. The van der Waals surface area contributed by atoms with Gasteiger partial charge in [0.15, 0.2) is 0 Å². The van der Waals surface area contributed by atoms with E-state index in [9.17, 15) is 9.59 Å². The first-order chi connectivity index (χ1) is 14.2. The Labute approximate surface area is 172 Å². The van der Waals surface area contributed by atoms with Crippen LogP contribution in [0.3, 0.4) is 0 Å². The molecule has 3 rings (SSSR count). The van der Waals surface area contributed by atoms with Crippen molar-refractivity contribution in [3.05, 3.63) is 71.8 Å². The van der Waals surface area contributed by atoms with Gasteiger partial charge in [-0.3, -0.25) is 14.5 Å². The first-order valence-corrected chi connectivity index (χ1v) is 10.1. The summed E-state index contributed by atoms with van der Waals surface area (Å²) < 4.78 is 5.35. The lowest BCUT2D eigenvalue weighted by molar-refractivity contribution is -0.155. The van der Waals surface area contributed by atoms with E-state index >= 15 is 0 Å². The molecule has 154 valence electrons. The summed E-state index contributed by atoms with van der Waals surface area (Å²) in [6.45, 7) is 5.80.